The molecule has 3 rings (SSSR count). The molecule has 0 saturated carbocycles. The molecule has 6 heteroatoms. The van der Waals surface area contributed by atoms with Crippen molar-refractivity contribution in [3.63, 3.8) is 0 Å². The van der Waals surface area contributed by atoms with Gasteiger partial charge in [-0.1, -0.05) is 5.21 Å². The molecule has 1 aliphatic rings. The number of carboxylic acid groups (broad SMARTS) is 1. The summed E-state index contributed by atoms with van der Waals surface area (Å²) in [6.07, 6.45) is 2.25. The van der Waals surface area contributed by atoms with Gasteiger partial charge in [-0.2, -0.15) is 0 Å². The first-order chi connectivity index (χ1) is 9.16. The van der Waals surface area contributed by atoms with Gasteiger partial charge in [0.05, 0.1) is 23.2 Å². The van der Waals surface area contributed by atoms with Crippen LogP contribution in [0.5, 0.6) is 0 Å². The molecule has 2 unspecified atom stereocenters. The van der Waals surface area contributed by atoms with Crippen molar-refractivity contribution in [1.29, 1.82) is 0 Å². The molecule has 0 spiro atoms. The monoisotopic (exact) mass is 261 g/mol. The van der Waals surface area contributed by atoms with E-state index in [4.69, 9.17) is 9.84 Å². The smallest absolute Gasteiger partial charge is 0.335 e. The maximum atomic E-state index is 10.9. The third-order valence-corrected chi connectivity index (χ3v) is 3.61. The van der Waals surface area contributed by atoms with E-state index in [-0.39, 0.29) is 17.7 Å². The number of fused-ring (bicyclic) bond motifs is 1. The van der Waals surface area contributed by atoms with E-state index in [0.29, 0.717) is 5.52 Å². The van der Waals surface area contributed by atoms with Crippen LogP contribution in [0.2, 0.25) is 0 Å². The minimum Gasteiger partial charge on any atom is -0.478 e. The van der Waals surface area contributed by atoms with Crippen LogP contribution in [-0.2, 0) is 4.74 Å². The zero-order chi connectivity index (χ0) is 13.4. The van der Waals surface area contributed by atoms with E-state index in [2.05, 4.69) is 17.2 Å². The number of rotatable bonds is 3. The average Bonchev–Trinajstić information content (AvgIpc) is 3.06. The zero-order valence-electron chi connectivity index (χ0n) is 10.6. The molecule has 1 saturated heterocycles. The molecule has 0 amide bonds. The summed E-state index contributed by atoms with van der Waals surface area (Å²) in [5, 5.41) is 17.1. The van der Waals surface area contributed by atoms with E-state index < -0.39 is 5.97 Å². The molecule has 1 aliphatic heterocycles. The molecule has 0 radical (unpaired) electrons. The number of aromatic nitrogens is 3. The highest BCUT2D eigenvalue weighted by Gasteiger charge is 2.25. The van der Waals surface area contributed by atoms with Crippen LogP contribution in [0.4, 0.5) is 0 Å². The third-order valence-electron chi connectivity index (χ3n) is 3.61. The van der Waals surface area contributed by atoms with Crippen LogP contribution in [0, 0.1) is 0 Å². The van der Waals surface area contributed by atoms with Gasteiger partial charge in [-0.05, 0) is 38.0 Å². The highest BCUT2D eigenvalue weighted by atomic mass is 16.5. The molecule has 1 aromatic heterocycles. The Hall–Kier alpha value is -1.95. The first kappa shape index (κ1) is 12.1. The molecule has 1 aromatic carbocycles. The molecule has 2 aromatic rings. The van der Waals surface area contributed by atoms with Gasteiger partial charge in [-0.15, -0.1) is 5.10 Å². The third kappa shape index (κ3) is 2.08. The summed E-state index contributed by atoms with van der Waals surface area (Å²) >= 11 is 0. The second-order valence-corrected chi connectivity index (χ2v) is 4.83. The van der Waals surface area contributed by atoms with Gasteiger partial charge in [0.2, 0.25) is 0 Å². The molecule has 19 heavy (non-hydrogen) atoms. The molecule has 6 nitrogen and oxygen atoms in total. The summed E-state index contributed by atoms with van der Waals surface area (Å²) in [4.78, 5) is 10.9. The van der Waals surface area contributed by atoms with Gasteiger partial charge < -0.3 is 9.84 Å². The summed E-state index contributed by atoms with van der Waals surface area (Å²) < 4.78 is 7.48. The molecule has 1 N–H and O–H groups in total. The fourth-order valence-corrected chi connectivity index (χ4v) is 2.52. The Morgan fingerprint density at radius 1 is 1.58 bits per heavy atom. The van der Waals surface area contributed by atoms with Gasteiger partial charge in [0, 0.05) is 6.61 Å². The number of benzene rings is 1. The van der Waals surface area contributed by atoms with Crippen LogP contribution >= 0.6 is 0 Å². The Morgan fingerprint density at radius 2 is 2.42 bits per heavy atom. The molecular weight excluding hydrogens is 246 g/mol. The summed E-state index contributed by atoms with van der Waals surface area (Å²) in [5.41, 5.74) is 1.67. The lowest BCUT2D eigenvalue weighted by Gasteiger charge is -2.18. The van der Waals surface area contributed by atoms with E-state index in [1.807, 2.05) is 4.68 Å². The molecule has 0 aliphatic carbocycles. The largest absolute Gasteiger partial charge is 0.478 e. The van der Waals surface area contributed by atoms with Crippen LogP contribution in [0.25, 0.3) is 11.0 Å². The summed E-state index contributed by atoms with van der Waals surface area (Å²) in [6, 6.07) is 4.98. The topological polar surface area (TPSA) is 77.2 Å². The first-order valence-corrected chi connectivity index (χ1v) is 6.36. The van der Waals surface area contributed by atoms with Gasteiger partial charge in [0.1, 0.15) is 5.52 Å². The van der Waals surface area contributed by atoms with E-state index >= 15 is 0 Å². The maximum Gasteiger partial charge on any atom is 0.335 e. The van der Waals surface area contributed by atoms with E-state index in [9.17, 15) is 4.79 Å². The Kier molecular flexibility index (Phi) is 2.94. The highest BCUT2D eigenvalue weighted by molar-refractivity contribution is 5.92. The standard InChI is InChI=1S/C13H15N3O3/c1-8(12-3-2-6-19-12)16-11-5-4-9(13(17)18)7-10(11)14-15-16/h4-5,7-8,12H,2-3,6H2,1H3,(H,17,18). The lowest BCUT2D eigenvalue weighted by molar-refractivity contribution is 0.0694. The van der Waals surface area contributed by atoms with Crippen LogP contribution in [0.3, 0.4) is 0 Å². The van der Waals surface area contributed by atoms with Gasteiger partial charge in [-0.25, -0.2) is 9.48 Å². The van der Waals surface area contributed by atoms with Crippen LogP contribution in [0.15, 0.2) is 18.2 Å². The number of nitrogens with zero attached hydrogens (tertiary/aromatic N) is 3. The van der Waals surface area contributed by atoms with Gasteiger partial charge in [-0.3, -0.25) is 0 Å². The van der Waals surface area contributed by atoms with E-state index in [0.717, 1.165) is 25.0 Å². The number of hydrogen-bond donors (Lipinski definition) is 1. The predicted octanol–water partition coefficient (Wildman–Crippen LogP) is 1.87. The van der Waals surface area contributed by atoms with Crippen LogP contribution in [-0.4, -0.2) is 38.8 Å². The number of ether oxygens (including phenoxy) is 1. The number of carboxylic acids is 1. The summed E-state index contributed by atoms with van der Waals surface area (Å²) in [5.74, 6) is -0.955. The lowest BCUT2D eigenvalue weighted by atomic mass is 10.1. The van der Waals surface area contributed by atoms with Crippen molar-refractivity contribution >= 4 is 17.0 Å². The minimum absolute atomic E-state index is 0.100. The fourth-order valence-electron chi connectivity index (χ4n) is 2.52. The Labute approximate surface area is 110 Å². The summed E-state index contributed by atoms with van der Waals surface area (Å²) in [6.45, 7) is 2.85. The molecule has 100 valence electrons. The number of hydrogen-bond acceptors (Lipinski definition) is 4. The SMILES string of the molecule is CC(C1CCCO1)n1nnc2cc(C(=O)O)ccc21. The van der Waals surface area contributed by atoms with Crippen LogP contribution < -0.4 is 0 Å². The second kappa shape index (κ2) is 4.62. The van der Waals surface area contributed by atoms with Gasteiger partial charge in [0.25, 0.3) is 0 Å². The predicted molar refractivity (Wildman–Crippen MR) is 68.2 cm³/mol. The normalized spacial score (nSPS) is 20.8. The highest BCUT2D eigenvalue weighted by Crippen LogP contribution is 2.26. The molecular formula is C13H15N3O3. The number of carbonyl (C=O) groups is 1. The minimum atomic E-state index is -0.955. The lowest BCUT2D eigenvalue weighted by Crippen LogP contribution is -2.21. The molecule has 2 atom stereocenters. The fraction of sp³-hybridized carbons (Fsp3) is 0.462. The van der Waals surface area contributed by atoms with Crippen molar-refractivity contribution in [2.24, 2.45) is 0 Å². The van der Waals surface area contributed by atoms with Crippen LogP contribution in [0.1, 0.15) is 36.2 Å². The second-order valence-electron chi connectivity index (χ2n) is 4.83. The van der Waals surface area contributed by atoms with E-state index in [1.165, 1.54) is 0 Å². The Bertz CT molecular complexity index is 617. The maximum absolute atomic E-state index is 10.9. The first-order valence-electron chi connectivity index (χ1n) is 6.36. The van der Waals surface area contributed by atoms with Gasteiger partial charge in [0.15, 0.2) is 0 Å². The van der Waals surface area contributed by atoms with Crippen molar-refractivity contribution in [1.82, 2.24) is 15.0 Å². The van der Waals surface area contributed by atoms with Crippen molar-refractivity contribution < 1.29 is 14.6 Å². The Morgan fingerprint density at radius 3 is 3.11 bits per heavy atom. The quantitative estimate of drug-likeness (QED) is 0.912. The molecule has 2 heterocycles. The van der Waals surface area contributed by atoms with E-state index in [1.54, 1.807) is 18.2 Å². The van der Waals surface area contributed by atoms with Crippen molar-refractivity contribution in [2.75, 3.05) is 6.61 Å². The Balaban J connectivity index is 1.98. The molecule has 1 fully saturated rings. The summed E-state index contributed by atoms with van der Waals surface area (Å²) in [7, 11) is 0. The zero-order valence-corrected chi connectivity index (χ0v) is 10.6. The van der Waals surface area contributed by atoms with Crippen molar-refractivity contribution in [2.45, 2.75) is 31.9 Å². The number of aromatic carboxylic acids is 1. The van der Waals surface area contributed by atoms with Gasteiger partial charge >= 0.3 is 5.97 Å². The average molecular weight is 261 g/mol. The molecule has 0 bridgehead atoms. The van der Waals surface area contributed by atoms with Crippen molar-refractivity contribution in [3.05, 3.63) is 23.8 Å². The van der Waals surface area contributed by atoms with Crippen molar-refractivity contribution in [3.8, 4) is 0 Å².